The fourth-order valence-electron chi connectivity index (χ4n) is 1.58. The number of sulfonamides is 1. The average molecular weight is 285 g/mol. The highest BCUT2D eigenvalue weighted by molar-refractivity contribution is 7.88. The van der Waals surface area contributed by atoms with Gasteiger partial charge >= 0.3 is 0 Å². The lowest BCUT2D eigenvalue weighted by atomic mass is 10.1. The van der Waals surface area contributed by atoms with E-state index in [2.05, 4.69) is 10.6 Å². The van der Waals surface area contributed by atoms with E-state index in [9.17, 15) is 13.2 Å². The third kappa shape index (κ3) is 5.82. The van der Waals surface area contributed by atoms with E-state index in [1.165, 1.54) is 0 Å². The molecule has 106 valence electrons. The molecule has 0 aromatic heterocycles. The lowest BCUT2D eigenvalue weighted by Crippen LogP contribution is -2.28. The molecule has 0 saturated heterocycles. The predicted molar refractivity (Wildman–Crippen MR) is 75.0 cm³/mol. The molecule has 1 aromatic rings. The highest BCUT2D eigenvalue weighted by Crippen LogP contribution is 2.12. The Morgan fingerprint density at radius 2 is 1.89 bits per heavy atom. The molecule has 0 aliphatic rings. The molecule has 0 aliphatic heterocycles. The Bertz CT molecular complexity index is 526. The standard InChI is InChI=1S/C12H19N3O3S/c1-9(7-14-2)12(16)15-11-5-3-10(4-6-11)8-19(13,17)18/h3-6,9,14H,7-8H2,1-2H3,(H,15,16)(H2,13,17,18). The minimum Gasteiger partial charge on any atom is -0.326 e. The number of anilines is 1. The summed E-state index contributed by atoms with van der Waals surface area (Å²) in [6.45, 7) is 2.41. The molecule has 19 heavy (non-hydrogen) atoms. The SMILES string of the molecule is CNCC(C)C(=O)Nc1ccc(CS(N)(=O)=O)cc1. The molecule has 0 saturated carbocycles. The van der Waals surface area contributed by atoms with Crippen LogP contribution in [0.1, 0.15) is 12.5 Å². The first-order valence-electron chi connectivity index (χ1n) is 5.86. The second-order valence-electron chi connectivity index (χ2n) is 4.45. The number of carbonyl (C=O) groups excluding carboxylic acids is 1. The molecular weight excluding hydrogens is 266 g/mol. The number of nitrogens with two attached hydrogens (primary N) is 1. The van der Waals surface area contributed by atoms with Crippen molar-refractivity contribution in [1.82, 2.24) is 5.32 Å². The summed E-state index contributed by atoms with van der Waals surface area (Å²) in [4.78, 5) is 11.7. The van der Waals surface area contributed by atoms with Gasteiger partial charge in [0.15, 0.2) is 0 Å². The Kier molecular flexibility index (Phi) is 5.46. The molecule has 4 N–H and O–H groups in total. The van der Waals surface area contributed by atoms with Crippen molar-refractivity contribution in [2.24, 2.45) is 11.1 Å². The Morgan fingerprint density at radius 1 is 1.32 bits per heavy atom. The van der Waals surface area contributed by atoms with E-state index in [4.69, 9.17) is 5.14 Å². The molecule has 0 fully saturated rings. The zero-order valence-corrected chi connectivity index (χ0v) is 11.8. The summed E-state index contributed by atoms with van der Waals surface area (Å²) in [6.07, 6.45) is 0. The Hall–Kier alpha value is -1.44. The molecule has 0 radical (unpaired) electrons. The van der Waals surface area contributed by atoms with Crippen molar-refractivity contribution < 1.29 is 13.2 Å². The van der Waals surface area contributed by atoms with Crippen molar-refractivity contribution in [3.63, 3.8) is 0 Å². The molecular formula is C12H19N3O3S. The molecule has 1 amide bonds. The van der Waals surface area contributed by atoms with Gasteiger partial charge in [-0.05, 0) is 24.7 Å². The minimum absolute atomic E-state index is 0.0893. The molecule has 1 unspecified atom stereocenters. The van der Waals surface area contributed by atoms with Crippen LogP contribution in [0.5, 0.6) is 0 Å². The number of carbonyl (C=O) groups is 1. The number of benzene rings is 1. The van der Waals surface area contributed by atoms with E-state index in [1.54, 1.807) is 31.3 Å². The Morgan fingerprint density at radius 3 is 2.37 bits per heavy atom. The largest absolute Gasteiger partial charge is 0.326 e. The summed E-state index contributed by atoms with van der Waals surface area (Å²) in [6, 6.07) is 6.57. The monoisotopic (exact) mass is 285 g/mol. The van der Waals surface area contributed by atoms with Crippen LogP contribution < -0.4 is 15.8 Å². The smallest absolute Gasteiger partial charge is 0.228 e. The Labute approximate surface area is 113 Å². The third-order valence-corrected chi connectivity index (χ3v) is 3.28. The quantitative estimate of drug-likeness (QED) is 0.698. The summed E-state index contributed by atoms with van der Waals surface area (Å²) in [5.41, 5.74) is 1.22. The average Bonchev–Trinajstić information content (AvgIpc) is 2.30. The topological polar surface area (TPSA) is 101 Å². The lowest BCUT2D eigenvalue weighted by molar-refractivity contribution is -0.119. The molecule has 0 heterocycles. The number of amides is 1. The molecule has 1 atom stereocenters. The highest BCUT2D eigenvalue weighted by atomic mass is 32.2. The maximum absolute atomic E-state index is 11.7. The van der Waals surface area contributed by atoms with Gasteiger partial charge in [0.05, 0.1) is 5.75 Å². The molecule has 0 aliphatic carbocycles. The third-order valence-electron chi connectivity index (χ3n) is 2.55. The first kappa shape index (κ1) is 15.6. The van der Waals surface area contributed by atoms with Crippen molar-refractivity contribution >= 4 is 21.6 Å². The molecule has 7 heteroatoms. The van der Waals surface area contributed by atoms with E-state index in [0.29, 0.717) is 17.8 Å². The van der Waals surface area contributed by atoms with Crippen LogP contribution in [-0.4, -0.2) is 27.9 Å². The van der Waals surface area contributed by atoms with E-state index in [1.807, 2.05) is 6.92 Å². The van der Waals surface area contributed by atoms with Gasteiger partial charge in [0.1, 0.15) is 0 Å². The number of hydrogen-bond donors (Lipinski definition) is 3. The molecule has 6 nitrogen and oxygen atoms in total. The normalized spacial score (nSPS) is 13.0. The summed E-state index contributed by atoms with van der Waals surface area (Å²) >= 11 is 0. The van der Waals surface area contributed by atoms with Gasteiger partial charge in [0.2, 0.25) is 15.9 Å². The van der Waals surface area contributed by atoms with Gasteiger partial charge < -0.3 is 10.6 Å². The minimum atomic E-state index is -3.53. The first-order chi connectivity index (χ1) is 8.81. The molecule has 0 spiro atoms. The van der Waals surface area contributed by atoms with Crippen LogP contribution in [0.15, 0.2) is 24.3 Å². The van der Waals surface area contributed by atoms with Gasteiger partial charge in [-0.3, -0.25) is 4.79 Å². The van der Waals surface area contributed by atoms with Crippen molar-refractivity contribution in [3.8, 4) is 0 Å². The summed E-state index contributed by atoms with van der Waals surface area (Å²) in [5.74, 6) is -0.445. The predicted octanol–water partition coefficient (Wildman–Crippen LogP) is 0.269. The van der Waals surface area contributed by atoms with Crippen molar-refractivity contribution in [2.75, 3.05) is 18.9 Å². The van der Waals surface area contributed by atoms with Gasteiger partial charge in [-0.1, -0.05) is 19.1 Å². The van der Waals surface area contributed by atoms with Gasteiger partial charge in [0, 0.05) is 18.2 Å². The van der Waals surface area contributed by atoms with Gasteiger partial charge in [-0.2, -0.15) is 0 Å². The zero-order valence-electron chi connectivity index (χ0n) is 11.0. The van der Waals surface area contributed by atoms with Crippen LogP contribution in [0.4, 0.5) is 5.69 Å². The van der Waals surface area contributed by atoms with E-state index >= 15 is 0 Å². The van der Waals surface area contributed by atoms with Crippen molar-refractivity contribution in [2.45, 2.75) is 12.7 Å². The van der Waals surface area contributed by atoms with E-state index in [-0.39, 0.29) is 17.6 Å². The van der Waals surface area contributed by atoms with Crippen LogP contribution in [0.2, 0.25) is 0 Å². The summed E-state index contributed by atoms with van der Waals surface area (Å²) in [7, 11) is -1.75. The van der Waals surface area contributed by atoms with Crippen LogP contribution >= 0.6 is 0 Å². The van der Waals surface area contributed by atoms with Crippen LogP contribution in [0, 0.1) is 5.92 Å². The van der Waals surface area contributed by atoms with Crippen LogP contribution in [0.25, 0.3) is 0 Å². The summed E-state index contributed by atoms with van der Waals surface area (Å²) < 4.78 is 21.9. The Balaban J connectivity index is 2.64. The number of hydrogen-bond acceptors (Lipinski definition) is 4. The number of nitrogens with one attached hydrogen (secondary N) is 2. The van der Waals surface area contributed by atoms with Crippen LogP contribution in [0.3, 0.4) is 0 Å². The van der Waals surface area contributed by atoms with Crippen molar-refractivity contribution in [1.29, 1.82) is 0 Å². The van der Waals surface area contributed by atoms with Gasteiger partial charge in [0.25, 0.3) is 0 Å². The fraction of sp³-hybridized carbons (Fsp3) is 0.417. The number of rotatable bonds is 6. The van der Waals surface area contributed by atoms with Gasteiger partial charge in [-0.15, -0.1) is 0 Å². The van der Waals surface area contributed by atoms with E-state index < -0.39 is 10.0 Å². The zero-order chi connectivity index (χ0) is 14.5. The second-order valence-corrected chi connectivity index (χ2v) is 6.07. The molecule has 0 bridgehead atoms. The van der Waals surface area contributed by atoms with E-state index in [0.717, 1.165) is 0 Å². The lowest BCUT2D eigenvalue weighted by Gasteiger charge is -2.11. The fourth-order valence-corrected chi connectivity index (χ4v) is 2.24. The maximum Gasteiger partial charge on any atom is 0.228 e. The van der Waals surface area contributed by atoms with Crippen LogP contribution in [-0.2, 0) is 20.6 Å². The highest BCUT2D eigenvalue weighted by Gasteiger charge is 2.12. The number of primary sulfonamides is 1. The molecule has 1 rings (SSSR count). The maximum atomic E-state index is 11.7. The first-order valence-corrected chi connectivity index (χ1v) is 7.58. The summed E-state index contributed by atoms with van der Waals surface area (Å²) in [5, 5.41) is 10.6. The second kappa shape index (κ2) is 6.65. The molecule has 1 aromatic carbocycles. The van der Waals surface area contributed by atoms with Crippen molar-refractivity contribution in [3.05, 3.63) is 29.8 Å². The van der Waals surface area contributed by atoms with Gasteiger partial charge in [-0.25, -0.2) is 13.6 Å².